The van der Waals surface area contributed by atoms with Crippen LogP contribution < -0.4 is 15.0 Å². The fourth-order valence-electron chi connectivity index (χ4n) is 7.90. The Bertz CT molecular complexity index is 1940. The lowest BCUT2D eigenvalue weighted by atomic mass is 9.73. The Morgan fingerprint density at radius 3 is 2.52 bits per heavy atom. The van der Waals surface area contributed by atoms with Gasteiger partial charge in [-0.15, -0.1) is 6.42 Å². The van der Waals surface area contributed by atoms with E-state index in [1.54, 1.807) is 6.92 Å². The van der Waals surface area contributed by atoms with E-state index in [4.69, 9.17) is 11.2 Å². The molecule has 252 valence electrons. The topological polar surface area (TPSA) is 73.8 Å². The minimum atomic E-state index is -2.56. The number of hydrogen-bond acceptors (Lipinski definition) is 7. The van der Waals surface area contributed by atoms with Crippen LogP contribution >= 0.6 is 0 Å². The average molecular weight is 666 g/mol. The number of halogens is 5. The molecule has 4 atom stereocenters. The van der Waals surface area contributed by atoms with E-state index in [1.165, 1.54) is 12.1 Å². The molecule has 0 aliphatic carbocycles. The highest BCUT2D eigenvalue weighted by Crippen LogP contribution is 2.43. The number of alkyl halides is 2. The molecule has 7 nitrogen and oxygen atoms in total. The van der Waals surface area contributed by atoms with E-state index in [1.807, 2.05) is 11.8 Å². The molecule has 3 aromatic carbocycles. The lowest BCUT2D eigenvalue weighted by molar-refractivity contribution is -0.0721. The number of rotatable bonds is 7. The summed E-state index contributed by atoms with van der Waals surface area (Å²) in [6.45, 7) is 6.28. The molecule has 0 amide bonds. The maximum absolute atomic E-state index is 16.9. The molecule has 0 spiro atoms. The first-order valence-corrected chi connectivity index (χ1v) is 16.3. The molecule has 0 radical (unpaired) electrons. The highest BCUT2D eigenvalue weighted by molar-refractivity contribution is 6.04. The number of anilines is 1. The Balaban J connectivity index is 1.39. The van der Waals surface area contributed by atoms with Crippen molar-refractivity contribution >= 4 is 27.5 Å². The van der Waals surface area contributed by atoms with Crippen molar-refractivity contribution < 1.29 is 31.8 Å². The van der Waals surface area contributed by atoms with Crippen LogP contribution in [0.4, 0.5) is 27.8 Å². The van der Waals surface area contributed by atoms with Crippen LogP contribution in [0.15, 0.2) is 30.3 Å². The number of hydrogen-bond donors (Lipinski definition) is 2. The molecule has 2 N–H and O–H groups in total. The lowest BCUT2D eigenvalue weighted by Crippen LogP contribution is -2.52. The van der Waals surface area contributed by atoms with Gasteiger partial charge in [-0.25, -0.2) is 22.0 Å². The number of benzene rings is 3. The van der Waals surface area contributed by atoms with Crippen LogP contribution in [0.3, 0.4) is 0 Å². The van der Waals surface area contributed by atoms with Gasteiger partial charge in [0.15, 0.2) is 5.82 Å². The Morgan fingerprint density at radius 1 is 1.08 bits per heavy atom. The predicted molar refractivity (Wildman–Crippen MR) is 174 cm³/mol. The van der Waals surface area contributed by atoms with Crippen molar-refractivity contribution in [3.8, 4) is 35.2 Å². The summed E-state index contributed by atoms with van der Waals surface area (Å²) >= 11 is 0. The van der Waals surface area contributed by atoms with Gasteiger partial charge in [0.05, 0.1) is 17.7 Å². The van der Waals surface area contributed by atoms with Crippen LogP contribution in [0.5, 0.6) is 11.8 Å². The second kappa shape index (κ2) is 12.3. The molecule has 4 aromatic rings. The zero-order chi connectivity index (χ0) is 33.9. The molecular formula is C36H36F5N5O2. The van der Waals surface area contributed by atoms with Gasteiger partial charge in [0, 0.05) is 59.4 Å². The van der Waals surface area contributed by atoms with Gasteiger partial charge in [0.25, 0.3) is 0 Å². The molecule has 3 aliphatic heterocycles. The van der Waals surface area contributed by atoms with Gasteiger partial charge in [-0.1, -0.05) is 25.8 Å². The Kier molecular flexibility index (Phi) is 8.32. The summed E-state index contributed by atoms with van der Waals surface area (Å²) in [4.78, 5) is 13.1. The molecule has 48 heavy (non-hydrogen) atoms. The average Bonchev–Trinajstić information content (AvgIpc) is 3.40. The fraction of sp³-hybridized carbons (Fsp3) is 0.444. The zero-order valence-corrected chi connectivity index (χ0v) is 26.7. The van der Waals surface area contributed by atoms with Crippen molar-refractivity contribution in [1.82, 2.24) is 20.2 Å². The molecule has 0 saturated carbocycles. The van der Waals surface area contributed by atoms with Crippen molar-refractivity contribution in [2.45, 2.75) is 51.6 Å². The van der Waals surface area contributed by atoms with E-state index in [0.29, 0.717) is 39.1 Å². The second-order valence-electron chi connectivity index (χ2n) is 13.5. The van der Waals surface area contributed by atoms with Crippen LogP contribution in [0.2, 0.25) is 0 Å². The third-order valence-electron chi connectivity index (χ3n) is 10.3. The largest absolute Gasteiger partial charge is 0.508 e. The quantitative estimate of drug-likeness (QED) is 0.173. The molecule has 4 heterocycles. The van der Waals surface area contributed by atoms with Crippen LogP contribution in [0.1, 0.15) is 38.7 Å². The summed E-state index contributed by atoms with van der Waals surface area (Å²) in [7, 11) is 0. The van der Waals surface area contributed by atoms with E-state index in [2.05, 4.69) is 26.1 Å². The SMILES string of the molecule is C#Cc1c(F)ccc2cc(O)cc(-c3c(F)cc4c(N5C[C@H]6CC[C@@H](C5)N6)nc(OC[C@]5(C)CN(CC)CC[C@H]5C(F)F)nc4c3F)c12. The van der Waals surface area contributed by atoms with E-state index in [0.717, 1.165) is 31.0 Å². The molecule has 3 saturated heterocycles. The predicted octanol–water partition coefficient (Wildman–Crippen LogP) is 6.49. The van der Waals surface area contributed by atoms with Crippen molar-refractivity contribution in [1.29, 1.82) is 0 Å². The van der Waals surface area contributed by atoms with Crippen molar-refractivity contribution in [2.24, 2.45) is 11.3 Å². The van der Waals surface area contributed by atoms with Gasteiger partial charge < -0.3 is 25.0 Å². The normalized spacial score (nSPS) is 24.5. The number of nitrogens with one attached hydrogen (secondary N) is 1. The number of piperidine rings is 1. The van der Waals surface area contributed by atoms with E-state index >= 15 is 8.78 Å². The molecule has 3 fully saturated rings. The highest BCUT2D eigenvalue weighted by Gasteiger charge is 2.45. The standard InChI is InChI=1S/C36H36F5N5O2/c1-4-23-27(37)9-6-19-12-22(47)13-24(29(19)23)30-28(38)14-25-32(31(30)39)43-35(44-34(25)46-15-20-7-8-21(16-46)42-20)48-18-36(3)17-45(5-2)11-10-26(36)33(40)41/h1,6,9,12-14,20-21,26,33,42,47H,5,7-8,10-11,15-18H2,2-3H3/t20-,21+,26-,36-/m0/s1. The third kappa shape index (κ3) is 5.56. The number of aromatic nitrogens is 2. The molecular weight excluding hydrogens is 629 g/mol. The Labute approximate surface area is 275 Å². The number of phenols is 1. The molecule has 1 aromatic heterocycles. The maximum Gasteiger partial charge on any atom is 0.319 e. The highest BCUT2D eigenvalue weighted by atomic mass is 19.3. The van der Waals surface area contributed by atoms with Crippen LogP contribution in [-0.4, -0.2) is 77.8 Å². The summed E-state index contributed by atoms with van der Waals surface area (Å²) in [6, 6.07) is 6.20. The summed E-state index contributed by atoms with van der Waals surface area (Å²) in [5, 5.41) is 14.5. The molecule has 0 unspecified atom stereocenters. The van der Waals surface area contributed by atoms with E-state index < -0.39 is 40.8 Å². The number of nitrogens with zero attached hydrogens (tertiary/aromatic N) is 4. The van der Waals surface area contributed by atoms with Gasteiger partial charge in [0.1, 0.15) is 28.7 Å². The zero-order valence-electron chi connectivity index (χ0n) is 26.7. The van der Waals surface area contributed by atoms with Crippen molar-refractivity contribution in [3.63, 3.8) is 0 Å². The number of phenolic OH excluding ortho intramolecular Hbond substituents is 1. The monoisotopic (exact) mass is 665 g/mol. The molecule has 2 bridgehead atoms. The van der Waals surface area contributed by atoms with Gasteiger partial charge >= 0.3 is 6.01 Å². The van der Waals surface area contributed by atoms with Crippen LogP contribution in [0.25, 0.3) is 32.8 Å². The number of fused-ring (bicyclic) bond motifs is 4. The van der Waals surface area contributed by atoms with Crippen molar-refractivity contribution in [2.75, 3.05) is 44.2 Å². The van der Waals surface area contributed by atoms with Gasteiger partial charge in [-0.05, 0) is 62.0 Å². The first-order valence-electron chi connectivity index (χ1n) is 16.3. The minimum absolute atomic E-state index is 0.0561. The summed E-state index contributed by atoms with van der Waals surface area (Å²) < 4.78 is 82.5. The second-order valence-corrected chi connectivity index (χ2v) is 13.5. The van der Waals surface area contributed by atoms with E-state index in [-0.39, 0.29) is 69.1 Å². The Hall–Kier alpha value is -4.21. The van der Waals surface area contributed by atoms with Gasteiger partial charge in [-0.3, -0.25) is 0 Å². The molecule has 12 heteroatoms. The summed E-state index contributed by atoms with van der Waals surface area (Å²) in [6.07, 6.45) is 5.27. The smallest absolute Gasteiger partial charge is 0.319 e. The Morgan fingerprint density at radius 2 is 1.83 bits per heavy atom. The fourth-order valence-corrected chi connectivity index (χ4v) is 7.90. The number of terminal acetylenes is 1. The maximum atomic E-state index is 16.9. The summed E-state index contributed by atoms with van der Waals surface area (Å²) in [5.41, 5.74) is -2.12. The van der Waals surface area contributed by atoms with Gasteiger partial charge in [-0.2, -0.15) is 9.97 Å². The first-order chi connectivity index (χ1) is 23.0. The number of likely N-dealkylation sites (tertiary alicyclic amines) is 1. The molecule has 7 rings (SSSR count). The number of aromatic hydroxyl groups is 1. The number of piperazine rings is 1. The van der Waals surface area contributed by atoms with Gasteiger partial charge in [0.2, 0.25) is 6.43 Å². The minimum Gasteiger partial charge on any atom is -0.508 e. The third-order valence-corrected chi connectivity index (χ3v) is 10.3. The van der Waals surface area contributed by atoms with Crippen LogP contribution in [0, 0.1) is 41.1 Å². The van der Waals surface area contributed by atoms with E-state index in [9.17, 15) is 18.3 Å². The lowest BCUT2D eigenvalue weighted by Gasteiger charge is -2.45. The summed E-state index contributed by atoms with van der Waals surface area (Å²) in [5.74, 6) is -1.51. The van der Waals surface area contributed by atoms with Crippen molar-refractivity contribution in [3.05, 3.63) is 53.3 Å². The van der Waals surface area contributed by atoms with Crippen LogP contribution in [-0.2, 0) is 0 Å². The number of ether oxygens (including phenoxy) is 1. The molecule has 3 aliphatic rings. The first kappa shape index (κ1) is 32.3.